The first-order valence-electron chi connectivity index (χ1n) is 8.59. The SMILES string of the molecule is CC1CCCCN1Cc1ccc2oc(-c3ccccc3Br)nc2c1. The summed E-state index contributed by atoms with van der Waals surface area (Å²) in [5.41, 5.74) is 4.07. The molecule has 124 valence electrons. The summed E-state index contributed by atoms with van der Waals surface area (Å²) in [7, 11) is 0. The normalized spacial score (nSPS) is 19.0. The van der Waals surface area contributed by atoms with Gasteiger partial charge < -0.3 is 4.42 Å². The van der Waals surface area contributed by atoms with Crippen LogP contribution in [0.1, 0.15) is 31.7 Å². The second-order valence-electron chi connectivity index (χ2n) is 6.62. The molecule has 0 spiro atoms. The molecule has 0 saturated carbocycles. The molecule has 4 rings (SSSR count). The molecule has 3 aromatic rings. The summed E-state index contributed by atoms with van der Waals surface area (Å²) in [5, 5.41) is 0. The molecular formula is C20H21BrN2O. The van der Waals surface area contributed by atoms with E-state index in [1.807, 2.05) is 30.3 Å². The maximum atomic E-state index is 5.95. The van der Waals surface area contributed by atoms with Crippen LogP contribution in [0.3, 0.4) is 0 Å². The van der Waals surface area contributed by atoms with Crippen molar-refractivity contribution in [1.29, 1.82) is 0 Å². The zero-order valence-corrected chi connectivity index (χ0v) is 15.4. The van der Waals surface area contributed by atoms with E-state index in [2.05, 4.69) is 39.9 Å². The predicted octanol–water partition coefficient (Wildman–Crippen LogP) is 5.63. The van der Waals surface area contributed by atoms with Gasteiger partial charge in [0, 0.05) is 17.1 Å². The molecule has 1 aromatic heterocycles. The van der Waals surface area contributed by atoms with E-state index >= 15 is 0 Å². The number of halogens is 1. The predicted molar refractivity (Wildman–Crippen MR) is 101 cm³/mol. The maximum Gasteiger partial charge on any atom is 0.228 e. The van der Waals surface area contributed by atoms with Crippen LogP contribution >= 0.6 is 15.9 Å². The van der Waals surface area contributed by atoms with Crippen LogP contribution < -0.4 is 0 Å². The lowest BCUT2D eigenvalue weighted by Gasteiger charge is -2.33. The Balaban J connectivity index is 1.63. The van der Waals surface area contributed by atoms with Crippen molar-refractivity contribution in [2.24, 2.45) is 0 Å². The molecule has 1 aliphatic heterocycles. The summed E-state index contributed by atoms with van der Waals surface area (Å²) in [6.07, 6.45) is 3.97. The zero-order valence-electron chi connectivity index (χ0n) is 13.8. The number of benzene rings is 2. The minimum atomic E-state index is 0.668. The molecule has 3 nitrogen and oxygen atoms in total. The third-order valence-electron chi connectivity index (χ3n) is 4.88. The number of aromatic nitrogens is 1. The first kappa shape index (κ1) is 15.9. The van der Waals surface area contributed by atoms with Gasteiger partial charge in [-0.15, -0.1) is 0 Å². The van der Waals surface area contributed by atoms with Gasteiger partial charge in [0.1, 0.15) is 5.52 Å². The van der Waals surface area contributed by atoms with Gasteiger partial charge in [-0.1, -0.05) is 24.6 Å². The Bertz CT molecular complexity index is 858. The highest BCUT2D eigenvalue weighted by Crippen LogP contribution is 2.30. The molecule has 1 fully saturated rings. The third-order valence-corrected chi connectivity index (χ3v) is 5.57. The van der Waals surface area contributed by atoms with E-state index in [1.165, 1.54) is 31.4 Å². The smallest absolute Gasteiger partial charge is 0.228 e. The lowest BCUT2D eigenvalue weighted by atomic mass is 10.0. The molecule has 0 amide bonds. The Morgan fingerprint density at radius 1 is 1.21 bits per heavy atom. The average molecular weight is 385 g/mol. The van der Waals surface area contributed by atoms with Crippen molar-refractivity contribution in [1.82, 2.24) is 9.88 Å². The summed E-state index contributed by atoms with van der Waals surface area (Å²) in [6, 6.07) is 15.1. The quantitative estimate of drug-likeness (QED) is 0.585. The number of likely N-dealkylation sites (tertiary alicyclic amines) is 1. The molecule has 2 heterocycles. The fraction of sp³-hybridized carbons (Fsp3) is 0.350. The van der Waals surface area contributed by atoms with Crippen LogP contribution in [-0.2, 0) is 6.54 Å². The Kier molecular flexibility index (Phi) is 4.42. The van der Waals surface area contributed by atoms with Gasteiger partial charge >= 0.3 is 0 Å². The number of nitrogens with zero attached hydrogens (tertiary/aromatic N) is 2. The Morgan fingerprint density at radius 2 is 2.08 bits per heavy atom. The van der Waals surface area contributed by atoms with Gasteiger partial charge in [0.05, 0.1) is 5.56 Å². The van der Waals surface area contributed by atoms with Gasteiger partial charge in [0.15, 0.2) is 5.58 Å². The second-order valence-corrected chi connectivity index (χ2v) is 7.47. The molecule has 2 aromatic carbocycles. The summed E-state index contributed by atoms with van der Waals surface area (Å²) in [5.74, 6) is 0.668. The van der Waals surface area contributed by atoms with E-state index < -0.39 is 0 Å². The van der Waals surface area contributed by atoms with Crippen molar-refractivity contribution >= 4 is 27.0 Å². The molecule has 0 bridgehead atoms. The van der Waals surface area contributed by atoms with Gasteiger partial charge in [-0.3, -0.25) is 4.90 Å². The van der Waals surface area contributed by atoms with E-state index in [-0.39, 0.29) is 0 Å². The minimum Gasteiger partial charge on any atom is -0.436 e. The van der Waals surface area contributed by atoms with Crippen LogP contribution in [-0.4, -0.2) is 22.5 Å². The highest BCUT2D eigenvalue weighted by Gasteiger charge is 2.18. The lowest BCUT2D eigenvalue weighted by Crippen LogP contribution is -2.36. The summed E-state index contributed by atoms with van der Waals surface area (Å²) >= 11 is 3.57. The Morgan fingerprint density at radius 3 is 2.92 bits per heavy atom. The van der Waals surface area contributed by atoms with Crippen molar-refractivity contribution in [2.45, 2.75) is 38.8 Å². The van der Waals surface area contributed by atoms with Gasteiger partial charge in [-0.25, -0.2) is 4.98 Å². The van der Waals surface area contributed by atoms with Crippen LogP contribution in [0, 0.1) is 0 Å². The minimum absolute atomic E-state index is 0.668. The van der Waals surface area contributed by atoms with Crippen molar-refractivity contribution < 1.29 is 4.42 Å². The summed E-state index contributed by atoms with van der Waals surface area (Å²) in [4.78, 5) is 7.27. The second kappa shape index (κ2) is 6.69. The molecule has 0 N–H and O–H groups in total. The van der Waals surface area contributed by atoms with Gasteiger partial charge in [0.25, 0.3) is 0 Å². The van der Waals surface area contributed by atoms with Crippen molar-refractivity contribution in [3.05, 3.63) is 52.5 Å². The molecule has 1 atom stereocenters. The Hall–Kier alpha value is -1.65. The number of piperidine rings is 1. The highest BCUT2D eigenvalue weighted by molar-refractivity contribution is 9.10. The van der Waals surface area contributed by atoms with Crippen LogP contribution in [0.4, 0.5) is 0 Å². The third kappa shape index (κ3) is 3.13. The van der Waals surface area contributed by atoms with E-state index in [0.29, 0.717) is 11.9 Å². The van der Waals surface area contributed by atoms with Crippen LogP contribution in [0.2, 0.25) is 0 Å². The van der Waals surface area contributed by atoms with Crippen molar-refractivity contribution in [3.8, 4) is 11.5 Å². The topological polar surface area (TPSA) is 29.3 Å². The molecule has 0 aliphatic carbocycles. The van der Waals surface area contributed by atoms with E-state index in [9.17, 15) is 0 Å². The monoisotopic (exact) mass is 384 g/mol. The number of rotatable bonds is 3. The molecule has 0 radical (unpaired) electrons. The Labute approximate surface area is 150 Å². The first-order chi connectivity index (χ1) is 11.7. The number of fused-ring (bicyclic) bond motifs is 1. The van der Waals surface area contributed by atoms with Gasteiger partial charge in [-0.2, -0.15) is 0 Å². The maximum absolute atomic E-state index is 5.95. The van der Waals surface area contributed by atoms with Gasteiger partial charge in [0.2, 0.25) is 5.89 Å². The highest BCUT2D eigenvalue weighted by atomic mass is 79.9. The fourth-order valence-corrected chi connectivity index (χ4v) is 3.90. The van der Waals surface area contributed by atoms with E-state index in [0.717, 1.165) is 27.7 Å². The van der Waals surface area contributed by atoms with Crippen LogP contribution in [0.25, 0.3) is 22.6 Å². The molecule has 1 aliphatic rings. The van der Waals surface area contributed by atoms with E-state index in [4.69, 9.17) is 9.40 Å². The van der Waals surface area contributed by atoms with Crippen molar-refractivity contribution in [3.63, 3.8) is 0 Å². The molecule has 4 heteroatoms. The van der Waals surface area contributed by atoms with Crippen LogP contribution in [0.15, 0.2) is 51.4 Å². The molecular weight excluding hydrogens is 364 g/mol. The standard InChI is InChI=1S/C20H21BrN2O/c1-14-6-4-5-11-23(14)13-15-9-10-19-18(12-15)22-20(24-19)16-7-2-3-8-17(16)21/h2-3,7-10,12,14H,4-6,11,13H2,1H3. The average Bonchev–Trinajstić information content (AvgIpc) is 3.00. The largest absolute Gasteiger partial charge is 0.436 e. The summed E-state index contributed by atoms with van der Waals surface area (Å²) < 4.78 is 6.95. The first-order valence-corrected chi connectivity index (χ1v) is 9.38. The van der Waals surface area contributed by atoms with Gasteiger partial charge in [-0.05, 0) is 72.1 Å². The molecule has 24 heavy (non-hydrogen) atoms. The summed E-state index contributed by atoms with van der Waals surface area (Å²) in [6.45, 7) is 4.52. The molecule has 1 unspecified atom stereocenters. The van der Waals surface area contributed by atoms with Crippen molar-refractivity contribution in [2.75, 3.05) is 6.54 Å². The zero-order chi connectivity index (χ0) is 16.5. The number of hydrogen-bond acceptors (Lipinski definition) is 3. The van der Waals surface area contributed by atoms with Crippen LogP contribution in [0.5, 0.6) is 0 Å². The number of hydrogen-bond donors (Lipinski definition) is 0. The van der Waals surface area contributed by atoms with E-state index in [1.54, 1.807) is 0 Å². The molecule has 1 saturated heterocycles. The lowest BCUT2D eigenvalue weighted by molar-refractivity contribution is 0.152. The number of oxazole rings is 1. The fourth-order valence-electron chi connectivity index (χ4n) is 3.45.